The monoisotopic (exact) mass is 286 g/mol. The predicted octanol–water partition coefficient (Wildman–Crippen LogP) is 4.02. The van der Waals surface area contributed by atoms with Crippen molar-refractivity contribution in [1.29, 1.82) is 0 Å². The Kier molecular flexibility index (Phi) is 4.50. The highest BCUT2D eigenvalue weighted by Crippen LogP contribution is 2.46. The first-order chi connectivity index (χ1) is 8.57. The Morgan fingerprint density at radius 3 is 1.68 bits per heavy atom. The van der Waals surface area contributed by atoms with Crippen LogP contribution in [-0.2, 0) is 6.42 Å². The van der Waals surface area contributed by atoms with Crippen molar-refractivity contribution in [3.63, 3.8) is 0 Å². The van der Waals surface area contributed by atoms with Gasteiger partial charge in [0.15, 0.2) is 5.92 Å². The first-order valence-corrected chi connectivity index (χ1v) is 5.47. The fraction of sp³-hybridized carbons (Fsp3) is 0.500. The fourth-order valence-corrected chi connectivity index (χ4v) is 1.69. The molecule has 0 aliphatic rings. The molecule has 0 saturated heterocycles. The van der Waals surface area contributed by atoms with Crippen LogP contribution < -0.4 is 0 Å². The topological polar surface area (TPSA) is 20.2 Å². The second-order valence-electron chi connectivity index (χ2n) is 4.10. The van der Waals surface area contributed by atoms with E-state index in [1.165, 1.54) is 12.1 Å². The zero-order valence-electron chi connectivity index (χ0n) is 9.89. The number of aliphatic hydroxyl groups is 1. The van der Waals surface area contributed by atoms with Gasteiger partial charge in [0.1, 0.15) is 0 Å². The zero-order valence-corrected chi connectivity index (χ0v) is 9.89. The van der Waals surface area contributed by atoms with Crippen LogP contribution in [0.5, 0.6) is 0 Å². The van der Waals surface area contributed by atoms with Crippen molar-refractivity contribution in [3.05, 3.63) is 35.4 Å². The van der Waals surface area contributed by atoms with Crippen LogP contribution in [0, 0.1) is 5.92 Å². The standard InChI is InChI=1S/C12H12F6O/c1-2-7-3-5-8(6-4-7)9(19)10(11(13,14)15)12(16,17)18/h3-6,9-10,19H,2H2,1H3. The maximum absolute atomic E-state index is 12.4. The van der Waals surface area contributed by atoms with Crippen molar-refractivity contribution in [2.75, 3.05) is 0 Å². The average Bonchev–Trinajstić information content (AvgIpc) is 2.25. The molecule has 0 bridgehead atoms. The Morgan fingerprint density at radius 1 is 0.947 bits per heavy atom. The van der Waals surface area contributed by atoms with Crippen molar-refractivity contribution in [1.82, 2.24) is 0 Å². The van der Waals surface area contributed by atoms with Gasteiger partial charge in [-0.2, -0.15) is 26.3 Å². The molecule has 0 aliphatic heterocycles. The van der Waals surface area contributed by atoms with E-state index in [0.717, 1.165) is 17.7 Å². The summed E-state index contributed by atoms with van der Waals surface area (Å²) in [7, 11) is 0. The molecule has 1 nitrogen and oxygen atoms in total. The third-order valence-corrected chi connectivity index (χ3v) is 2.75. The lowest BCUT2D eigenvalue weighted by Crippen LogP contribution is -2.40. The largest absolute Gasteiger partial charge is 0.403 e. The van der Waals surface area contributed by atoms with Gasteiger partial charge in [-0.15, -0.1) is 0 Å². The summed E-state index contributed by atoms with van der Waals surface area (Å²) in [5.74, 6) is -3.78. The molecule has 0 spiro atoms. The minimum Gasteiger partial charge on any atom is -0.387 e. The van der Waals surface area contributed by atoms with Crippen LogP contribution in [0.15, 0.2) is 24.3 Å². The Balaban J connectivity index is 3.09. The highest BCUT2D eigenvalue weighted by molar-refractivity contribution is 5.25. The van der Waals surface area contributed by atoms with E-state index in [1.807, 2.05) is 0 Å². The van der Waals surface area contributed by atoms with Gasteiger partial charge in [-0.25, -0.2) is 0 Å². The van der Waals surface area contributed by atoms with E-state index >= 15 is 0 Å². The van der Waals surface area contributed by atoms with Gasteiger partial charge in [-0.3, -0.25) is 0 Å². The van der Waals surface area contributed by atoms with Crippen LogP contribution in [0.3, 0.4) is 0 Å². The summed E-state index contributed by atoms with van der Waals surface area (Å²) >= 11 is 0. The number of hydrogen-bond donors (Lipinski definition) is 1. The summed E-state index contributed by atoms with van der Waals surface area (Å²) in [6, 6.07) is 4.94. The summed E-state index contributed by atoms with van der Waals surface area (Å²) in [6.45, 7) is 1.79. The Labute approximate surface area is 105 Å². The summed E-state index contributed by atoms with van der Waals surface area (Å²) < 4.78 is 74.5. The Hall–Kier alpha value is -1.24. The lowest BCUT2D eigenvalue weighted by Gasteiger charge is -2.27. The molecule has 0 aromatic heterocycles. The normalized spacial score (nSPS) is 14.8. The van der Waals surface area contributed by atoms with Crippen molar-refractivity contribution in [3.8, 4) is 0 Å². The van der Waals surface area contributed by atoms with Gasteiger partial charge in [0.25, 0.3) is 0 Å². The highest BCUT2D eigenvalue weighted by Gasteiger charge is 2.60. The van der Waals surface area contributed by atoms with Crippen LogP contribution in [0.2, 0.25) is 0 Å². The second-order valence-corrected chi connectivity index (χ2v) is 4.10. The molecule has 1 atom stereocenters. The number of hydrogen-bond acceptors (Lipinski definition) is 1. The molecule has 108 valence electrons. The molecule has 7 heteroatoms. The SMILES string of the molecule is CCc1ccc(C(O)C(C(F)(F)F)C(F)(F)F)cc1. The van der Waals surface area contributed by atoms with Gasteiger partial charge in [0.05, 0.1) is 6.10 Å². The fourth-order valence-electron chi connectivity index (χ4n) is 1.69. The minimum atomic E-state index is -5.55. The highest BCUT2D eigenvalue weighted by atomic mass is 19.4. The first kappa shape index (κ1) is 15.8. The average molecular weight is 286 g/mol. The van der Waals surface area contributed by atoms with Gasteiger partial charge in [0.2, 0.25) is 0 Å². The Morgan fingerprint density at radius 2 is 1.37 bits per heavy atom. The van der Waals surface area contributed by atoms with E-state index in [0.29, 0.717) is 6.42 Å². The predicted molar refractivity (Wildman–Crippen MR) is 56.4 cm³/mol. The van der Waals surface area contributed by atoms with Crippen molar-refractivity contribution >= 4 is 0 Å². The number of rotatable bonds is 3. The summed E-state index contributed by atoms with van der Waals surface area (Å²) in [4.78, 5) is 0. The van der Waals surface area contributed by atoms with Crippen molar-refractivity contribution in [2.45, 2.75) is 31.8 Å². The van der Waals surface area contributed by atoms with Gasteiger partial charge in [0, 0.05) is 0 Å². The van der Waals surface area contributed by atoms with Gasteiger partial charge < -0.3 is 5.11 Å². The summed E-state index contributed by atoms with van der Waals surface area (Å²) in [5.41, 5.74) is 0.350. The molecule has 0 radical (unpaired) electrons. The number of alkyl halides is 6. The van der Waals surface area contributed by atoms with Crippen molar-refractivity contribution in [2.24, 2.45) is 5.92 Å². The number of aliphatic hydroxyl groups excluding tert-OH is 1. The maximum Gasteiger partial charge on any atom is 0.403 e. The molecule has 0 saturated carbocycles. The second kappa shape index (κ2) is 5.40. The van der Waals surface area contributed by atoms with Gasteiger partial charge in [-0.1, -0.05) is 31.2 Å². The van der Waals surface area contributed by atoms with Gasteiger partial charge in [-0.05, 0) is 17.5 Å². The molecule has 19 heavy (non-hydrogen) atoms. The van der Waals surface area contributed by atoms with Crippen LogP contribution in [0.25, 0.3) is 0 Å². The minimum absolute atomic E-state index is 0.406. The summed E-state index contributed by atoms with van der Waals surface area (Å²) in [6.07, 6.45) is -13.2. The molecule has 1 aromatic carbocycles. The molecule has 0 amide bonds. The lowest BCUT2D eigenvalue weighted by molar-refractivity contribution is -0.307. The molecular weight excluding hydrogens is 274 g/mol. The van der Waals surface area contributed by atoms with E-state index in [-0.39, 0.29) is 0 Å². The number of aryl methyl sites for hydroxylation is 1. The molecule has 0 heterocycles. The molecule has 1 unspecified atom stereocenters. The third-order valence-electron chi connectivity index (χ3n) is 2.75. The smallest absolute Gasteiger partial charge is 0.387 e. The Bertz CT molecular complexity index is 392. The van der Waals surface area contributed by atoms with E-state index in [1.54, 1.807) is 6.92 Å². The summed E-state index contributed by atoms with van der Waals surface area (Å²) in [5, 5.41) is 9.38. The van der Waals surface area contributed by atoms with E-state index < -0.39 is 29.9 Å². The quantitative estimate of drug-likeness (QED) is 0.832. The number of halogens is 6. The zero-order chi connectivity index (χ0) is 14.8. The maximum atomic E-state index is 12.4. The lowest BCUT2D eigenvalue weighted by atomic mass is 9.93. The van der Waals surface area contributed by atoms with Crippen LogP contribution >= 0.6 is 0 Å². The van der Waals surface area contributed by atoms with E-state index in [2.05, 4.69) is 0 Å². The van der Waals surface area contributed by atoms with Crippen LogP contribution in [0.1, 0.15) is 24.2 Å². The molecule has 1 rings (SSSR count). The number of benzene rings is 1. The molecule has 1 N–H and O–H groups in total. The molecule has 0 aliphatic carbocycles. The molecular formula is C12H12F6O. The first-order valence-electron chi connectivity index (χ1n) is 5.47. The van der Waals surface area contributed by atoms with E-state index in [4.69, 9.17) is 0 Å². The van der Waals surface area contributed by atoms with E-state index in [9.17, 15) is 31.4 Å². The molecule has 0 fully saturated rings. The van der Waals surface area contributed by atoms with Gasteiger partial charge >= 0.3 is 12.4 Å². The molecule has 1 aromatic rings. The van der Waals surface area contributed by atoms with Crippen molar-refractivity contribution < 1.29 is 31.4 Å². The van der Waals surface area contributed by atoms with Crippen LogP contribution in [0.4, 0.5) is 26.3 Å². The van der Waals surface area contributed by atoms with Crippen LogP contribution in [-0.4, -0.2) is 17.5 Å². The third kappa shape index (κ3) is 3.86.